The zero-order chi connectivity index (χ0) is 20.5. The molecule has 4 N–H and O–H groups in total. The van der Waals surface area contributed by atoms with Crippen LogP contribution in [-0.2, 0) is 16.0 Å². The van der Waals surface area contributed by atoms with Gasteiger partial charge in [0.15, 0.2) is 0 Å². The van der Waals surface area contributed by atoms with E-state index in [2.05, 4.69) is 10.6 Å². The number of hydrogen-bond donors (Lipinski definition) is 3. The van der Waals surface area contributed by atoms with Crippen LogP contribution in [0.5, 0.6) is 0 Å². The third kappa shape index (κ3) is 5.81. The molecule has 0 aliphatic heterocycles. The van der Waals surface area contributed by atoms with E-state index in [0.717, 1.165) is 11.6 Å². The summed E-state index contributed by atoms with van der Waals surface area (Å²) >= 11 is 0. The number of carbonyl (C=O) groups excluding carboxylic acids is 2. The number of carbonyl (C=O) groups is 2. The molecule has 0 heterocycles. The summed E-state index contributed by atoms with van der Waals surface area (Å²) in [5.74, 6) is -0.973. The van der Waals surface area contributed by atoms with Gasteiger partial charge in [-0.1, -0.05) is 30.3 Å². The van der Waals surface area contributed by atoms with Crippen LogP contribution in [0.25, 0.3) is 0 Å². The van der Waals surface area contributed by atoms with E-state index in [-0.39, 0.29) is 36.3 Å². The van der Waals surface area contributed by atoms with E-state index >= 15 is 0 Å². The first-order valence-electron chi connectivity index (χ1n) is 8.45. The molecule has 28 heavy (non-hydrogen) atoms. The van der Waals surface area contributed by atoms with E-state index < -0.39 is 22.8 Å². The summed E-state index contributed by atoms with van der Waals surface area (Å²) < 4.78 is 0. The molecule has 0 radical (unpaired) electrons. The van der Waals surface area contributed by atoms with Crippen LogP contribution in [-0.4, -0.2) is 29.3 Å². The number of nitrogens with two attached hydrogens (primary N) is 1. The number of nitrogens with zero attached hydrogens (tertiary/aromatic N) is 2. The Kier molecular flexibility index (Phi) is 7.05. The molecule has 1 unspecified atom stereocenters. The van der Waals surface area contributed by atoms with E-state index in [1.54, 1.807) is 0 Å². The van der Waals surface area contributed by atoms with Gasteiger partial charge in [0.1, 0.15) is 11.7 Å². The van der Waals surface area contributed by atoms with E-state index in [9.17, 15) is 19.7 Å². The SMILES string of the molecule is N#Cc1ccc(NC(Cc2ccccc2)C(=O)NCCC(N)=O)c([N+](=O)[O-])c1. The summed E-state index contributed by atoms with van der Waals surface area (Å²) in [5, 5.41) is 25.8. The number of rotatable bonds is 9. The Morgan fingerprint density at radius 1 is 1.21 bits per heavy atom. The van der Waals surface area contributed by atoms with Crippen LogP contribution in [0.3, 0.4) is 0 Å². The Hall–Kier alpha value is -3.93. The van der Waals surface area contributed by atoms with Crippen molar-refractivity contribution in [1.29, 1.82) is 5.26 Å². The fraction of sp³-hybridized carbons (Fsp3) is 0.211. The molecule has 9 heteroatoms. The van der Waals surface area contributed by atoms with Gasteiger partial charge in [0.25, 0.3) is 5.69 Å². The Balaban J connectivity index is 2.26. The van der Waals surface area contributed by atoms with Crippen molar-refractivity contribution in [2.24, 2.45) is 5.73 Å². The molecule has 1 atom stereocenters. The zero-order valence-electron chi connectivity index (χ0n) is 14.9. The van der Waals surface area contributed by atoms with Gasteiger partial charge in [-0.25, -0.2) is 0 Å². The highest BCUT2D eigenvalue weighted by molar-refractivity contribution is 5.86. The van der Waals surface area contributed by atoms with Gasteiger partial charge in [0.2, 0.25) is 11.8 Å². The molecule has 0 aromatic heterocycles. The van der Waals surface area contributed by atoms with Crippen LogP contribution >= 0.6 is 0 Å². The monoisotopic (exact) mass is 381 g/mol. The van der Waals surface area contributed by atoms with Crippen LogP contribution in [0.4, 0.5) is 11.4 Å². The molecule has 2 aromatic carbocycles. The fourth-order valence-electron chi connectivity index (χ4n) is 2.55. The molecule has 9 nitrogen and oxygen atoms in total. The Bertz CT molecular complexity index is 908. The standard InChI is InChI=1S/C19H19N5O4/c20-12-14-6-7-15(17(11-14)24(27)28)23-16(10-13-4-2-1-3-5-13)19(26)22-9-8-18(21)25/h1-7,11,16,23H,8-10H2,(H2,21,25)(H,22,26). The molecule has 2 rings (SSSR count). The van der Waals surface area contributed by atoms with Crippen molar-refractivity contribution in [1.82, 2.24) is 5.32 Å². The number of nitro benzene ring substituents is 1. The van der Waals surface area contributed by atoms with Gasteiger partial charge in [-0.05, 0) is 17.7 Å². The van der Waals surface area contributed by atoms with Crippen molar-refractivity contribution < 1.29 is 14.5 Å². The smallest absolute Gasteiger partial charge is 0.293 e. The first-order chi connectivity index (χ1) is 13.4. The van der Waals surface area contributed by atoms with E-state index in [1.165, 1.54) is 12.1 Å². The Morgan fingerprint density at radius 3 is 2.54 bits per heavy atom. The molecule has 0 spiro atoms. The minimum atomic E-state index is -0.832. The predicted octanol–water partition coefficient (Wildman–Crippen LogP) is 1.48. The lowest BCUT2D eigenvalue weighted by atomic mass is 10.0. The van der Waals surface area contributed by atoms with Crippen molar-refractivity contribution in [3.63, 3.8) is 0 Å². The molecular formula is C19H19N5O4. The van der Waals surface area contributed by atoms with E-state index in [0.29, 0.717) is 0 Å². The quantitative estimate of drug-likeness (QED) is 0.442. The Labute approximate surface area is 161 Å². The summed E-state index contributed by atoms with van der Waals surface area (Å²) in [4.78, 5) is 34.2. The lowest BCUT2D eigenvalue weighted by Gasteiger charge is -2.19. The van der Waals surface area contributed by atoms with E-state index in [1.807, 2.05) is 36.4 Å². The third-order valence-corrected chi connectivity index (χ3v) is 3.92. The molecule has 144 valence electrons. The molecule has 2 aromatic rings. The summed E-state index contributed by atoms with van der Waals surface area (Å²) in [5.41, 5.74) is 5.88. The van der Waals surface area contributed by atoms with E-state index in [4.69, 9.17) is 11.0 Å². The summed E-state index contributed by atoms with van der Waals surface area (Å²) in [7, 11) is 0. The van der Waals surface area contributed by atoms with Crippen molar-refractivity contribution in [2.45, 2.75) is 18.9 Å². The lowest BCUT2D eigenvalue weighted by molar-refractivity contribution is -0.384. The van der Waals surface area contributed by atoms with Gasteiger partial charge < -0.3 is 16.4 Å². The molecule has 0 aliphatic carbocycles. The molecule has 0 fully saturated rings. The second kappa shape index (κ2) is 9.68. The molecule has 0 saturated heterocycles. The van der Waals surface area contributed by atoms with Crippen molar-refractivity contribution in [3.05, 3.63) is 69.8 Å². The van der Waals surface area contributed by atoms with Crippen molar-refractivity contribution in [2.75, 3.05) is 11.9 Å². The molecule has 0 saturated carbocycles. The minimum absolute atomic E-state index is 0.0131. The largest absolute Gasteiger partial charge is 0.370 e. The van der Waals surface area contributed by atoms with Gasteiger partial charge in [-0.2, -0.15) is 5.26 Å². The number of nitro groups is 1. The van der Waals surface area contributed by atoms with Gasteiger partial charge in [0, 0.05) is 25.5 Å². The molecular weight excluding hydrogens is 362 g/mol. The normalized spacial score (nSPS) is 11.1. The van der Waals surface area contributed by atoms with Gasteiger partial charge in [-0.3, -0.25) is 19.7 Å². The first kappa shape index (κ1) is 20.4. The minimum Gasteiger partial charge on any atom is -0.370 e. The van der Waals surface area contributed by atoms with Crippen LogP contribution in [0.2, 0.25) is 0 Å². The molecule has 0 aliphatic rings. The lowest BCUT2D eigenvalue weighted by Crippen LogP contribution is -2.42. The fourth-order valence-corrected chi connectivity index (χ4v) is 2.55. The highest BCUT2D eigenvalue weighted by Gasteiger charge is 2.23. The summed E-state index contributed by atoms with van der Waals surface area (Å²) in [6.45, 7) is 0.0661. The predicted molar refractivity (Wildman–Crippen MR) is 102 cm³/mol. The zero-order valence-corrected chi connectivity index (χ0v) is 14.9. The number of benzene rings is 2. The van der Waals surface area contributed by atoms with Crippen LogP contribution < -0.4 is 16.4 Å². The Morgan fingerprint density at radius 2 is 1.93 bits per heavy atom. The maximum Gasteiger partial charge on any atom is 0.293 e. The van der Waals surface area contributed by atoms with Crippen molar-refractivity contribution in [3.8, 4) is 6.07 Å². The van der Waals surface area contributed by atoms with Gasteiger partial charge in [-0.15, -0.1) is 0 Å². The summed E-state index contributed by atoms with van der Waals surface area (Å²) in [6, 6.07) is 14.1. The molecule has 0 bridgehead atoms. The number of nitriles is 1. The average molecular weight is 381 g/mol. The van der Waals surface area contributed by atoms with Gasteiger partial charge >= 0.3 is 0 Å². The van der Waals surface area contributed by atoms with Crippen LogP contribution in [0, 0.1) is 21.4 Å². The number of primary amides is 1. The summed E-state index contributed by atoms with van der Waals surface area (Å²) in [6.07, 6.45) is 0.251. The second-order valence-electron chi connectivity index (χ2n) is 5.99. The van der Waals surface area contributed by atoms with Crippen molar-refractivity contribution >= 4 is 23.2 Å². The topological polar surface area (TPSA) is 151 Å². The highest BCUT2D eigenvalue weighted by atomic mass is 16.6. The van der Waals surface area contributed by atoms with Crippen LogP contribution in [0.1, 0.15) is 17.5 Å². The highest BCUT2D eigenvalue weighted by Crippen LogP contribution is 2.26. The maximum absolute atomic E-state index is 12.6. The number of nitrogens with one attached hydrogen (secondary N) is 2. The average Bonchev–Trinajstić information content (AvgIpc) is 2.68. The third-order valence-electron chi connectivity index (χ3n) is 3.92. The van der Waals surface area contributed by atoms with Crippen LogP contribution in [0.15, 0.2) is 48.5 Å². The van der Waals surface area contributed by atoms with Gasteiger partial charge in [0.05, 0.1) is 16.6 Å². The first-order valence-corrected chi connectivity index (χ1v) is 8.45. The molecule has 2 amide bonds. The maximum atomic E-state index is 12.6. The number of hydrogen-bond acceptors (Lipinski definition) is 6. The number of anilines is 1. The number of amides is 2. The second-order valence-corrected chi connectivity index (χ2v) is 5.99.